The van der Waals surface area contributed by atoms with Gasteiger partial charge in [0.2, 0.25) is 0 Å². The van der Waals surface area contributed by atoms with Crippen LogP contribution in [0.4, 0.5) is 11.4 Å². The normalized spacial score (nSPS) is 15.4. The van der Waals surface area contributed by atoms with Gasteiger partial charge in [-0.2, -0.15) is 0 Å². The first-order chi connectivity index (χ1) is 15.6. The number of ketones is 1. The van der Waals surface area contributed by atoms with Crippen LogP contribution in [0.1, 0.15) is 34.8 Å². The van der Waals surface area contributed by atoms with E-state index in [4.69, 9.17) is 9.47 Å². The summed E-state index contributed by atoms with van der Waals surface area (Å²) in [5, 5.41) is 0. The Morgan fingerprint density at radius 1 is 0.969 bits per heavy atom. The molecule has 0 fully saturated rings. The molecule has 5 nitrogen and oxygen atoms in total. The molecule has 0 spiro atoms. The van der Waals surface area contributed by atoms with Crippen LogP contribution in [-0.2, 0) is 0 Å². The smallest absolute Gasteiger partial charge is 0.164 e. The van der Waals surface area contributed by atoms with E-state index in [0.717, 1.165) is 13.0 Å². The third-order valence-electron chi connectivity index (χ3n) is 6.21. The van der Waals surface area contributed by atoms with Gasteiger partial charge in [-0.15, -0.1) is 0 Å². The van der Waals surface area contributed by atoms with E-state index in [0.29, 0.717) is 30.0 Å². The Morgan fingerprint density at radius 3 is 2.44 bits per heavy atom. The molecule has 0 N–H and O–H groups in total. The molecule has 1 aliphatic heterocycles. The second-order valence-corrected chi connectivity index (χ2v) is 8.07. The molecular weight excluding hydrogens is 400 g/mol. The van der Waals surface area contributed by atoms with Gasteiger partial charge in [0.1, 0.15) is 0 Å². The summed E-state index contributed by atoms with van der Waals surface area (Å²) in [7, 11) is 5.29. The molecule has 5 heteroatoms. The number of carbonyl (C=O) groups is 1. The molecule has 1 atom stereocenters. The van der Waals surface area contributed by atoms with Gasteiger partial charge in [-0.3, -0.25) is 9.69 Å². The Hall–Kier alpha value is -3.31. The molecule has 0 aliphatic carbocycles. The largest absolute Gasteiger partial charge is 0.493 e. The summed E-state index contributed by atoms with van der Waals surface area (Å²) in [4.78, 5) is 17.5. The van der Waals surface area contributed by atoms with Crippen LogP contribution in [0.2, 0.25) is 0 Å². The molecule has 0 aromatic heterocycles. The molecule has 1 heterocycles. The highest BCUT2D eigenvalue weighted by molar-refractivity contribution is 5.96. The minimum absolute atomic E-state index is 0.104. The highest BCUT2D eigenvalue weighted by atomic mass is 16.5. The minimum atomic E-state index is 0.104. The molecule has 3 aromatic rings. The highest BCUT2D eigenvalue weighted by Gasteiger charge is 2.28. The van der Waals surface area contributed by atoms with Crippen LogP contribution in [0.5, 0.6) is 11.5 Å². The van der Waals surface area contributed by atoms with Crippen molar-refractivity contribution in [2.24, 2.45) is 0 Å². The van der Waals surface area contributed by atoms with E-state index in [1.54, 1.807) is 32.4 Å². The van der Waals surface area contributed by atoms with Gasteiger partial charge >= 0.3 is 0 Å². The summed E-state index contributed by atoms with van der Waals surface area (Å²) in [5.74, 6) is 1.31. The molecule has 166 valence electrons. The molecule has 1 aliphatic rings. The lowest BCUT2D eigenvalue weighted by Gasteiger charge is -2.39. The number of fused-ring (bicyclic) bond motifs is 1. The summed E-state index contributed by atoms with van der Waals surface area (Å²) in [6.07, 6.45) is 1.46. The van der Waals surface area contributed by atoms with Crippen LogP contribution in [-0.4, -0.2) is 45.0 Å². The zero-order chi connectivity index (χ0) is 22.5. The first kappa shape index (κ1) is 21.9. The molecule has 0 saturated carbocycles. The van der Waals surface area contributed by atoms with E-state index < -0.39 is 0 Å². The lowest BCUT2D eigenvalue weighted by Crippen LogP contribution is -2.35. The molecule has 0 saturated heterocycles. The highest BCUT2D eigenvalue weighted by Crippen LogP contribution is 2.40. The van der Waals surface area contributed by atoms with E-state index >= 15 is 0 Å². The molecule has 0 bridgehead atoms. The van der Waals surface area contributed by atoms with Crippen molar-refractivity contribution in [1.29, 1.82) is 0 Å². The number of nitrogens with zero attached hydrogens (tertiary/aromatic N) is 2. The van der Waals surface area contributed by atoms with Crippen LogP contribution in [0.15, 0.2) is 72.8 Å². The number of methoxy groups -OCH3 is 2. The predicted octanol–water partition coefficient (Wildman–Crippen LogP) is 5.49. The lowest BCUT2D eigenvalue weighted by molar-refractivity contribution is 0.0958. The van der Waals surface area contributed by atoms with Crippen LogP contribution in [0, 0.1) is 0 Å². The van der Waals surface area contributed by atoms with Crippen molar-refractivity contribution in [3.63, 3.8) is 0 Å². The van der Waals surface area contributed by atoms with Gasteiger partial charge in [0.15, 0.2) is 17.3 Å². The number of hydrogen-bond acceptors (Lipinski definition) is 5. The zero-order valence-corrected chi connectivity index (χ0v) is 19.0. The average Bonchev–Trinajstić information content (AvgIpc) is 2.86. The van der Waals surface area contributed by atoms with Crippen molar-refractivity contribution in [2.75, 3.05) is 39.3 Å². The SMILES string of the molecule is COc1ccc(C(=O)CCN(C)C2CCN(c3ccccc3)c3ccccc32)cc1OC. The first-order valence-electron chi connectivity index (χ1n) is 11.0. The first-order valence-corrected chi connectivity index (χ1v) is 11.0. The molecule has 0 radical (unpaired) electrons. The predicted molar refractivity (Wildman–Crippen MR) is 128 cm³/mol. The van der Waals surface area contributed by atoms with Gasteiger partial charge in [-0.1, -0.05) is 36.4 Å². The minimum Gasteiger partial charge on any atom is -0.493 e. The van der Waals surface area contributed by atoms with E-state index in [1.165, 1.54) is 16.9 Å². The number of benzene rings is 3. The monoisotopic (exact) mass is 430 g/mol. The number of hydrogen-bond donors (Lipinski definition) is 0. The average molecular weight is 431 g/mol. The summed E-state index contributed by atoms with van der Waals surface area (Å²) in [5.41, 5.74) is 4.41. The Bertz CT molecular complexity index is 1070. The number of para-hydroxylation sites is 2. The van der Waals surface area contributed by atoms with Crippen LogP contribution >= 0.6 is 0 Å². The van der Waals surface area contributed by atoms with E-state index in [9.17, 15) is 4.79 Å². The molecule has 32 heavy (non-hydrogen) atoms. The number of Topliss-reactive ketones (excluding diaryl/α,β-unsaturated/α-hetero) is 1. The quantitative estimate of drug-likeness (QED) is 0.442. The van der Waals surface area contributed by atoms with Crippen molar-refractivity contribution in [2.45, 2.75) is 18.9 Å². The Balaban J connectivity index is 1.46. The van der Waals surface area contributed by atoms with Gasteiger partial charge in [-0.25, -0.2) is 0 Å². The number of ether oxygens (including phenoxy) is 2. The lowest BCUT2D eigenvalue weighted by atomic mass is 9.94. The maximum atomic E-state index is 12.9. The van der Waals surface area contributed by atoms with Crippen molar-refractivity contribution >= 4 is 17.2 Å². The van der Waals surface area contributed by atoms with Crippen molar-refractivity contribution in [1.82, 2.24) is 4.90 Å². The van der Waals surface area contributed by atoms with Crippen LogP contribution in [0.25, 0.3) is 0 Å². The number of carbonyl (C=O) groups excluding carboxylic acids is 1. The van der Waals surface area contributed by atoms with Crippen molar-refractivity contribution in [3.8, 4) is 11.5 Å². The van der Waals surface area contributed by atoms with Crippen LogP contribution in [0.3, 0.4) is 0 Å². The molecule has 1 unspecified atom stereocenters. The van der Waals surface area contributed by atoms with E-state index in [-0.39, 0.29) is 11.8 Å². The maximum absolute atomic E-state index is 12.9. The molecule has 4 rings (SSSR count). The van der Waals surface area contributed by atoms with Gasteiger partial charge in [-0.05, 0) is 55.4 Å². The molecular formula is C27H30N2O3. The van der Waals surface area contributed by atoms with Crippen molar-refractivity contribution in [3.05, 3.63) is 83.9 Å². The zero-order valence-electron chi connectivity index (χ0n) is 19.0. The van der Waals surface area contributed by atoms with Crippen LogP contribution < -0.4 is 14.4 Å². The Morgan fingerprint density at radius 2 is 1.69 bits per heavy atom. The Kier molecular flexibility index (Phi) is 6.76. The third kappa shape index (κ3) is 4.48. The summed E-state index contributed by atoms with van der Waals surface area (Å²) in [6.45, 7) is 1.64. The van der Waals surface area contributed by atoms with Crippen molar-refractivity contribution < 1.29 is 14.3 Å². The Labute approximate surface area is 190 Å². The standard InChI is InChI=1S/C27H30N2O3/c1-28(17-16-25(30)20-13-14-26(31-2)27(19-20)32-3)23-15-18-29(21-9-5-4-6-10-21)24-12-8-7-11-22(23)24/h4-14,19,23H,15-18H2,1-3H3. The fourth-order valence-electron chi connectivity index (χ4n) is 4.46. The van der Waals surface area contributed by atoms with Gasteiger partial charge in [0.05, 0.1) is 14.2 Å². The van der Waals surface area contributed by atoms with E-state index in [2.05, 4.69) is 65.4 Å². The molecule has 0 amide bonds. The number of anilines is 2. The molecule has 3 aromatic carbocycles. The van der Waals surface area contributed by atoms with E-state index in [1.807, 2.05) is 6.07 Å². The summed E-state index contributed by atoms with van der Waals surface area (Å²) >= 11 is 0. The third-order valence-corrected chi connectivity index (χ3v) is 6.21. The topological polar surface area (TPSA) is 42.0 Å². The second kappa shape index (κ2) is 9.88. The van der Waals surface area contributed by atoms with Gasteiger partial charge < -0.3 is 14.4 Å². The van der Waals surface area contributed by atoms with Gasteiger partial charge in [0.25, 0.3) is 0 Å². The maximum Gasteiger partial charge on any atom is 0.164 e. The second-order valence-electron chi connectivity index (χ2n) is 8.07. The number of rotatable bonds is 8. The van der Waals surface area contributed by atoms with Gasteiger partial charge in [0, 0.05) is 42.5 Å². The fourth-order valence-corrected chi connectivity index (χ4v) is 4.46. The summed E-state index contributed by atoms with van der Waals surface area (Å²) in [6, 6.07) is 24.7. The fraction of sp³-hybridized carbons (Fsp3) is 0.296. The summed E-state index contributed by atoms with van der Waals surface area (Å²) < 4.78 is 10.6.